The van der Waals surface area contributed by atoms with E-state index in [1.165, 1.54) is 5.56 Å². The van der Waals surface area contributed by atoms with Crippen molar-refractivity contribution in [2.24, 2.45) is 11.8 Å². The van der Waals surface area contributed by atoms with E-state index >= 15 is 0 Å². The van der Waals surface area contributed by atoms with Gasteiger partial charge in [-0.3, -0.25) is 9.59 Å². The minimum Gasteiger partial charge on any atom is -0.508 e. The number of carbonyl (C=O) groups excluding carboxylic acids is 2. The van der Waals surface area contributed by atoms with Crippen LogP contribution in [0.15, 0.2) is 109 Å². The molecule has 2 fully saturated rings. The van der Waals surface area contributed by atoms with Crippen molar-refractivity contribution < 1.29 is 19.4 Å². The maximum absolute atomic E-state index is 12.9. The van der Waals surface area contributed by atoms with E-state index < -0.39 is 0 Å². The summed E-state index contributed by atoms with van der Waals surface area (Å²) in [5, 5.41) is 16.0. The first kappa shape index (κ1) is 45.9. The van der Waals surface area contributed by atoms with Gasteiger partial charge < -0.3 is 20.5 Å². The Hall–Kier alpha value is -3.78. The third-order valence-electron chi connectivity index (χ3n) is 10.7. The highest BCUT2D eigenvalue weighted by Crippen LogP contribution is 2.37. The second kappa shape index (κ2) is 19.8. The van der Waals surface area contributed by atoms with Crippen molar-refractivity contribution in [3.05, 3.63) is 131 Å². The maximum Gasteiger partial charge on any atom is 0.163 e. The lowest BCUT2D eigenvalue weighted by atomic mass is 9.74. The molecule has 4 aromatic carbocycles. The molecule has 3 N–H and O–H groups in total. The topological polar surface area (TPSA) is 87.7 Å². The number of alkyl halides is 1. The number of rotatable bonds is 10. The Morgan fingerprint density at radius 1 is 0.596 bits per heavy atom. The molecule has 0 saturated carbocycles. The molecule has 0 bridgehead atoms. The van der Waals surface area contributed by atoms with Gasteiger partial charge in [0.15, 0.2) is 11.6 Å². The number of para-hydroxylation sites is 2. The highest BCUT2D eigenvalue weighted by atomic mass is 79.9. The van der Waals surface area contributed by atoms with Crippen LogP contribution in [0.3, 0.4) is 0 Å². The Balaban J connectivity index is 0.000000220. The van der Waals surface area contributed by atoms with Crippen LogP contribution in [0.4, 0.5) is 0 Å². The molecular formula is C50H67BrN2O4. The summed E-state index contributed by atoms with van der Waals surface area (Å²) in [4.78, 5) is 25.8. The fraction of sp³-hybridized carbons (Fsp3) is 0.480. The van der Waals surface area contributed by atoms with E-state index in [1.54, 1.807) is 24.3 Å². The fourth-order valence-electron chi connectivity index (χ4n) is 9.19. The molecule has 7 heteroatoms. The summed E-state index contributed by atoms with van der Waals surface area (Å²) in [5.74, 6) is 2.55. The SMILES string of the molecule is CC(Br)c1ccc(C(=O)CC2CC(C)(C)NC(C)(C)C2)cc1.CC(Oc1ccccc1)c1ccc(C(=O)CC2CC(C)(C)NC(C)(C)C2)cc1.Oc1ccccc1. The van der Waals surface area contributed by atoms with Gasteiger partial charge >= 0.3 is 0 Å². The first-order valence-electron chi connectivity index (χ1n) is 20.6. The lowest BCUT2D eigenvalue weighted by Gasteiger charge is -2.46. The first-order valence-corrected chi connectivity index (χ1v) is 21.5. The number of phenols is 1. The summed E-state index contributed by atoms with van der Waals surface area (Å²) < 4.78 is 5.98. The van der Waals surface area contributed by atoms with Crippen molar-refractivity contribution in [3.63, 3.8) is 0 Å². The normalized spacial score (nSPS) is 19.4. The molecule has 6 nitrogen and oxygen atoms in total. The van der Waals surface area contributed by atoms with Gasteiger partial charge in [-0.15, -0.1) is 0 Å². The molecule has 6 rings (SSSR count). The molecule has 0 spiro atoms. The number of ether oxygens (including phenoxy) is 1. The second-order valence-electron chi connectivity index (χ2n) is 18.9. The number of piperidine rings is 2. The quantitative estimate of drug-likeness (QED) is 0.109. The van der Waals surface area contributed by atoms with Crippen LogP contribution < -0.4 is 15.4 Å². The Labute approximate surface area is 351 Å². The van der Waals surface area contributed by atoms with E-state index in [0.717, 1.165) is 48.1 Å². The van der Waals surface area contributed by atoms with E-state index in [-0.39, 0.29) is 39.8 Å². The molecule has 4 aromatic rings. The summed E-state index contributed by atoms with van der Waals surface area (Å²) in [6, 6.07) is 34.5. The molecule has 0 amide bonds. The van der Waals surface area contributed by atoms with Crippen LogP contribution in [0, 0.1) is 11.8 Å². The number of Topliss-reactive ketones (excluding diaryl/α,β-unsaturated/α-hetero) is 2. The molecule has 2 saturated heterocycles. The molecule has 0 aliphatic carbocycles. The van der Waals surface area contributed by atoms with Crippen molar-refractivity contribution >= 4 is 27.5 Å². The van der Waals surface area contributed by atoms with Crippen LogP contribution in [-0.4, -0.2) is 38.8 Å². The van der Waals surface area contributed by atoms with Crippen molar-refractivity contribution in [1.29, 1.82) is 0 Å². The molecule has 2 aliphatic heterocycles. The molecular weight excluding hydrogens is 772 g/mol. The predicted octanol–water partition coefficient (Wildman–Crippen LogP) is 12.6. The standard InChI is InChI=1S/C25H33NO2.C19H28BrNO.C6H6O/c1-18(28-22-9-7-6-8-10-22)20-11-13-21(14-12-20)23(27)15-19-16-24(2,3)26-25(4,5)17-19;1-13(20)15-6-8-16(9-7-15)17(22)10-14-11-18(2,3)21-19(4,5)12-14;7-6-4-2-1-3-5-6/h6-14,18-19,26H,15-17H2,1-5H3;6-9,13-14,21H,10-12H2,1-5H3;1-5,7H. The third kappa shape index (κ3) is 15.5. The summed E-state index contributed by atoms with van der Waals surface area (Å²) in [6.07, 6.45) is 5.38. The number of carbonyl (C=O) groups is 2. The van der Waals surface area contributed by atoms with E-state index in [2.05, 4.69) is 88.9 Å². The molecule has 2 aliphatic rings. The Morgan fingerprint density at radius 2 is 0.947 bits per heavy atom. The average Bonchev–Trinajstić information content (AvgIpc) is 3.10. The minimum atomic E-state index is -0.0578. The Bertz CT molecular complexity index is 1820. The lowest BCUT2D eigenvalue weighted by molar-refractivity contribution is 0.0852. The van der Waals surface area contributed by atoms with E-state index in [1.807, 2.05) is 91.9 Å². The first-order chi connectivity index (χ1) is 26.6. The molecule has 0 aromatic heterocycles. The number of hydrogen-bond acceptors (Lipinski definition) is 6. The van der Waals surface area contributed by atoms with Gasteiger partial charge in [0.05, 0.1) is 0 Å². The highest BCUT2D eigenvalue weighted by Gasteiger charge is 2.39. The summed E-state index contributed by atoms with van der Waals surface area (Å²) in [5.41, 5.74) is 4.26. The predicted molar refractivity (Wildman–Crippen MR) is 240 cm³/mol. The lowest BCUT2D eigenvalue weighted by Crippen LogP contribution is -2.58. The number of hydrogen-bond donors (Lipinski definition) is 3. The van der Waals surface area contributed by atoms with Crippen LogP contribution in [0.2, 0.25) is 0 Å². The van der Waals surface area contributed by atoms with Gasteiger partial charge in [-0.05, 0) is 142 Å². The highest BCUT2D eigenvalue weighted by molar-refractivity contribution is 9.09. The number of nitrogens with one attached hydrogen (secondary N) is 2. The van der Waals surface area contributed by atoms with Crippen molar-refractivity contribution in [1.82, 2.24) is 10.6 Å². The van der Waals surface area contributed by atoms with E-state index in [0.29, 0.717) is 35.3 Å². The van der Waals surface area contributed by atoms with Crippen LogP contribution in [0.5, 0.6) is 11.5 Å². The zero-order valence-electron chi connectivity index (χ0n) is 36.0. The number of benzene rings is 4. The van der Waals surface area contributed by atoms with Crippen molar-refractivity contribution in [2.45, 2.75) is 141 Å². The summed E-state index contributed by atoms with van der Waals surface area (Å²) >= 11 is 3.56. The largest absolute Gasteiger partial charge is 0.508 e. The number of phenolic OH excluding ortho intramolecular Hbond substituents is 1. The van der Waals surface area contributed by atoms with Gasteiger partial charge in [0.25, 0.3) is 0 Å². The molecule has 308 valence electrons. The Morgan fingerprint density at radius 3 is 1.28 bits per heavy atom. The molecule has 2 unspecified atom stereocenters. The number of halogens is 1. The molecule has 2 heterocycles. The van der Waals surface area contributed by atoms with Crippen molar-refractivity contribution in [3.8, 4) is 11.5 Å². The van der Waals surface area contributed by atoms with Gasteiger partial charge in [0.2, 0.25) is 0 Å². The van der Waals surface area contributed by atoms with Crippen LogP contribution in [0.25, 0.3) is 0 Å². The fourth-order valence-corrected chi connectivity index (χ4v) is 9.49. The maximum atomic E-state index is 12.9. The van der Waals surface area contributed by atoms with E-state index in [4.69, 9.17) is 9.84 Å². The van der Waals surface area contributed by atoms with Gasteiger partial charge in [-0.1, -0.05) is 101 Å². The van der Waals surface area contributed by atoms with Gasteiger partial charge in [0.1, 0.15) is 17.6 Å². The third-order valence-corrected chi connectivity index (χ3v) is 11.2. The second-order valence-corrected chi connectivity index (χ2v) is 20.2. The summed E-state index contributed by atoms with van der Waals surface area (Å²) in [7, 11) is 0. The van der Waals surface area contributed by atoms with Crippen LogP contribution in [0.1, 0.15) is 151 Å². The molecule has 0 radical (unpaired) electrons. The van der Waals surface area contributed by atoms with E-state index in [9.17, 15) is 9.59 Å². The zero-order chi connectivity index (χ0) is 42.0. The van der Waals surface area contributed by atoms with Crippen molar-refractivity contribution in [2.75, 3.05) is 0 Å². The van der Waals surface area contributed by atoms with Gasteiger partial charge in [-0.25, -0.2) is 0 Å². The number of ketones is 2. The van der Waals surface area contributed by atoms with Crippen LogP contribution in [-0.2, 0) is 0 Å². The molecule has 2 atom stereocenters. The smallest absolute Gasteiger partial charge is 0.163 e. The molecule has 57 heavy (non-hydrogen) atoms. The van der Waals surface area contributed by atoms with Gasteiger partial charge in [-0.2, -0.15) is 0 Å². The van der Waals surface area contributed by atoms with Gasteiger partial charge in [0, 0.05) is 51.0 Å². The van der Waals surface area contributed by atoms with Crippen LogP contribution >= 0.6 is 15.9 Å². The monoisotopic (exact) mass is 838 g/mol. The minimum absolute atomic E-state index is 0.0578. The summed E-state index contributed by atoms with van der Waals surface area (Å²) in [6.45, 7) is 22.0. The number of aromatic hydroxyl groups is 1. The average molecular weight is 840 g/mol. The zero-order valence-corrected chi connectivity index (χ0v) is 37.6. The Kier molecular flexibility index (Phi) is 15.9.